The molecule has 1 rings (SSSR count). The maximum Gasteiger partial charge on any atom is 0.236 e. The summed E-state index contributed by atoms with van der Waals surface area (Å²) < 4.78 is 0. The first-order valence-corrected chi connectivity index (χ1v) is 8.84. The molecule has 0 aliphatic heterocycles. The number of nitrogens with zero attached hydrogens (tertiary/aromatic N) is 1. The molecule has 1 atom stereocenters. The van der Waals surface area contributed by atoms with Crippen LogP contribution in [0.15, 0.2) is 5.38 Å². The summed E-state index contributed by atoms with van der Waals surface area (Å²) in [5.41, 5.74) is 6.87. The van der Waals surface area contributed by atoms with Gasteiger partial charge in [0.15, 0.2) is 0 Å². The number of thioether (sulfide) groups is 1. The van der Waals surface area contributed by atoms with E-state index in [4.69, 9.17) is 5.73 Å². The van der Waals surface area contributed by atoms with Gasteiger partial charge in [0.1, 0.15) is 0 Å². The first-order valence-electron chi connectivity index (χ1n) is 6.56. The van der Waals surface area contributed by atoms with Crippen molar-refractivity contribution < 1.29 is 4.79 Å². The Labute approximate surface area is 135 Å². The Morgan fingerprint density at radius 2 is 2.30 bits per heavy atom. The molecule has 0 radical (unpaired) electrons. The average Bonchev–Trinajstić information content (AvgIpc) is 2.81. The lowest BCUT2D eigenvalue weighted by atomic mass is 10.2. The molecule has 1 aromatic heterocycles. The SMILES string of the molecule is CSCC[C@H](N)C(=O)NCCCCc1nc(C)cs1.Cl. The highest BCUT2D eigenvalue weighted by molar-refractivity contribution is 7.98. The smallest absolute Gasteiger partial charge is 0.236 e. The fourth-order valence-electron chi connectivity index (χ4n) is 1.64. The van der Waals surface area contributed by atoms with Crippen molar-refractivity contribution in [2.45, 2.75) is 38.6 Å². The molecule has 0 spiro atoms. The van der Waals surface area contributed by atoms with E-state index < -0.39 is 0 Å². The highest BCUT2D eigenvalue weighted by atomic mass is 35.5. The van der Waals surface area contributed by atoms with Crippen molar-refractivity contribution in [2.75, 3.05) is 18.6 Å². The number of rotatable bonds is 9. The molecule has 0 aliphatic carbocycles. The van der Waals surface area contributed by atoms with E-state index in [0.717, 1.165) is 37.1 Å². The Kier molecular flexibility index (Phi) is 11.2. The van der Waals surface area contributed by atoms with Crippen LogP contribution in [0.1, 0.15) is 30.0 Å². The molecular weight excluding hydrogens is 314 g/mol. The summed E-state index contributed by atoms with van der Waals surface area (Å²) in [6, 6.07) is -0.367. The third-order valence-corrected chi connectivity index (χ3v) is 4.42. The van der Waals surface area contributed by atoms with E-state index in [1.807, 2.05) is 13.2 Å². The van der Waals surface area contributed by atoms with Gasteiger partial charge in [0.05, 0.1) is 11.0 Å². The summed E-state index contributed by atoms with van der Waals surface area (Å²) in [7, 11) is 0. The lowest BCUT2D eigenvalue weighted by Crippen LogP contribution is -2.41. The Balaban J connectivity index is 0.00000361. The second-order valence-electron chi connectivity index (χ2n) is 4.52. The Bertz CT molecular complexity index is 387. The number of nitrogens with one attached hydrogen (secondary N) is 1. The molecule has 0 aromatic carbocycles. The van der Waals surface area contributed by atoms with Crippen molar-refractivity contribution in [2.24, 2.45) is 5.73 Å². The fourth-order valence-corrected chi connectivity index (χ4v) is 2.95. The van der Waals surface area contributed by atoms with E-state index in [1.54, 1.807) is 23.1 Å². The van der Waals surface area contributed by atoms with Gasteiger partial charge in [-0.1, -0.05) is 0 Å². The van der Waals surface area contributed by atoms with Crippen molar-refractivity contribution in [3.8, 4) is 0 Å². The number of aromatic nitrogens is 1. The van der Waals surface area contributed by atoms with Crippen LogP contribution in [0.5, 0.6) is 0 Å². The maximum absolute atomic E-state index is 11.6. The fraction of sp³-hybridized carbons (Fsp3) is 0.692. The molecule has 0 fully saturated rings. The van der Waals surface area contributed by atoms with Gasteiger partial charge in [-0.05, 0) is 44.6 Å². The molecule has 1 aromatic rings. The molecule has 7 heteroatoms. The number of thiazole rings is 1. The van der Waals surface area contributed by atoms with Crippen molar-refractivity contribution in [3.05, 3.63) is 16.1 Å². The number of halogens is 1. The van der Waals surface area contributed by atoms with E-state index >= 15 is 0 Å². The van der Waals surface area contributed by atoms with Gasteiger partial charge < -0.3 is 11.1 Å². The van der Waals surface area contributed by atoms with Gasteiger partial charge in [0.2, 0.25) is 5.91 Å². The van der Waals surface area contributed by atoms with Crippen LogP contribution in [0, 0.1) is 6.92 Å². The number of hydrogen-bond donors (Lipinski definition) is 2. The summed E-state index contributed by atoms with van der Waals surface area (Å²) in [5, 5.41) is 6.14. The van der Waals surface area contributed by atoms with E-state index in [9.17, 15) is 4.79 Å². The standard InChI is InChI=1S/C13H23N3OS2.ClH/c1-10-9-19-12(16-10)5-3-4-7-15-13(17)11(14)6-8-18-2;/h9,11H,3-8,14H2,1-2H3,(H,15,17);1H/t11-;/m0./s1. The van der Waals surface area contributed by atoms with Crippen LogP contribution in [0.25, 0.3) is 0 Å². The van der Waals surface area contributed by atoms with Crippen LogP contribution in [-0.2, 0) is 11.2 Å². The van der Waals surface area contributed by atoms with Crippen LogP contribution in [0.2, 0.25) is 0 Å². The first kappa shape index (κ1) is 19.7. The van der Waals surface area contributed by atoms with E-state index in [2.05, 4.69) is 15.7 Å². The number of hydrogen-bond acceptors (Lipinski definition) is 5. The zero-order chi connectivity index (χ0) is 14.1. The largest absolute Gasteiger partial charge is 0.355 e. The zero-order valence-electron chi connectivity index (χ0n) is 12.1. The van der Waals surface area contributed by atoms with Crippen LogP contribution < -0.4 is 11.1 Å². The maximum atomic E-state index is 11.6. The number of nitrogens with two attached hydrogens (primary N) is 1. The van der Waals surface area contributed by atoms with Crippen LogP contribution >= 0.6 is 35.5 Å². The molecule has 0 saturated carbocycles. The first-order chi connectivity index (χ1) is 9.13. The molecule has 0 bridgehead atoms. The third-order valence-electron chi connectivity index (χ3n) is 2.75. The molecule has 0 aliphatic rings. The van der Waals surface area contributed by atoms with Crippen molar-refractivity contribution in [3.63, 3.8) is 0 Å². The highest BCUT2D eigenvalue weighted by Crippen LogP contribution is 2.11. The van der Waals surface area contributed by atoms with Crippen molar-refractivity contribution >= 4 is 41.4 Å². The van der Waals surface area contributed by atoms with Crippen molar-refractivity contribution in [1.82, 2.24) is 10.3 Å². The minimum absolute atomic E-state index is 0. The highest BCUT2D eigenvalue weighted by Gasteiger charge is 2.11. The van der Waals surface area contributed by atoms with Gasteiger partial charge >= 0.3 is 0 Å². The number of amides is 1. The zero-order valence-corrected chi connectivity index (χ0v) is 14.5. The topological polar surface area (TPSA) is 68.0 Å². The summed E-state index contributed by atoms with van der Waals surface area (Å²) >= 11 is 3.42. The molecule has 4 nitrogen and oxygen atoms in total. The van der Waals surface area contributed by atoms with E-state index in [0.29, 0.717) is 6.54 Å². The minimum Gasteiger partial charge on any atom is -0.355 e. The van der Waals surface area contributed by atoms with E-state index in [1.165, 1.54) is 5.01 Å². The molecule has 0 unspecified atom stereocenters. The van der Waals surface area contributed by atoms with Gasteiger partial charge in [0, 0.05) is 17.6 Å². The summed E-state index contributed by atoms with van der Waals surface area (Å²) in [4.78, 5) is 16.0. The van der Waals surface area contributed by atoms with E-state index in [-0.39, 0.29) is 24.4 Å². The quantitative estimate of drug-likeness (QED) is 0.679. The Morgan fingerprint density at radius 3 is 2.90 bits per heavy atom. The average molecular weight is 338 g/mol. The lowest BCUT2D eigenvalue weighted by Gasteiger charge is -2.11. The van der Waals surface area contributed by atoms with Gasteiger partial charge in [-0.3, -0.25) is 4.79 Å². The molecule has 1 heterocycles. The van der Waals surface area contributed by atoms with Gasteiger partial charge in [-0.2, -0.15) is 11.8 Å². The number of aryl methyl sites for hydroxylation is 2. The molecule has 20 heavy (non-hydrogen) atoms. The molecule has 3 N–H and O–H groups in total. The van der Waals surface area contributed by atoms with Crippen molar-refractivity contribution in [1.29, 1.82) is 0 Å². The Hall–Kier alpha value is -0.300. The normalized spacial score (nSPS) is 11.8. The van der Waals surface area contributed by atoms with Gasteiger partial charge in [-0.25, -0.2) is 4.98 Å². The number of carbonyl (C=O) groups is 1. The van der Waals surface area contributed by atoms with Crippen LogP contribution in [0.4, 0.5) is 0 Å². The second kappa shape index (κ2) is 11.4. The predicted molar refractivity (Wildman–Crippen MR) is 91.0 cm³/mol. The molecule has 0 saturated heterocycles. The Morgan fingerprint density at radius 1 is 1.55 bits per heavy atom. The minimum atomic E-state index is -0.367. The lowest BCUT2D eigenvalue weighted by molar-refractivity contribution is -0.122. The monoisotopic (exact) mass is 337 g/mol. The molecular formula is C13H24ClN3OS2. The summed E-state index contributed by atoms with van der Waals surface area (Å²) in [6.45, 7) is 2.71. The van der Waals surface area contributed by atoms with Crippen LogP contribution in [0.3, 0.4) is 0 Å². The van der Waals surface area contributed by atoms with Crippen LogP contribution in [-0.4, -0.2) is 35.5 Å². The summed E-state index contributed by atoms with van der Waals surface area (Å²) in [5.74, 6) is 0.900. The number of carbonyl (C=O) groups excluding carboxylic acids is 1. The molecule has 1 amide bonds. The summed E-state index contributed by atoms with van der Waals surface area (Å²) in [6.07, 6.45) is 5.77. The molecule has 116 valence electrons. The van der Waals surface area contributed by atoms with Gasteiger partial charge in [-0.15, -0.1) is 23.7 Å². The predicted octanol–water partition coefficient (Wildman–Crippen LogP) is 2.39. The number of unbranched alkanes of at least 4 members (excludes halogenated alkanes) is 1. The second-order valence-corrected chi connectivity index (χ2v) is 6.45. The van der Waals surface area contributed by atoms with Gasteiger partial charge in [0.25, 0.3) is 0 Å². The third kappa shape index (κ3) is 8.09.